The van der Waals surface area contributed by atoms with E-state index >= 15 is 8.78 Å². The van der Waals surface area contributed by atoms with E-state index in [9.17, 15) is 9.90 Å². The number of aromatic nitrogens is 2. The Balaban J connectivity index is 1.59. The molecule has 0 bridgehead atoms. The maximum absolute atomic E-state index is 15.1. The van der Waals surface area contributed by atoms with Crippen LogP contribution in [0.4, 0.5) is 20.3 Å². The molecule has 2 aromatic carbocycles. The van der Waals surface area contributed by atoms with Crippen LogP contribution in [0.25, 0.3) is 10.8 Å². The number of nitrogens with one attached hydrogen (secondary N) is 1. The largest absolute Gasteiger partial charge is 0.384 e. The summed E-state index contributed by atoms with van der Waals surface area (Å²) in [5.41, 5.74) is -0.114. The summed E-state index contributed by atoms with van der Waals surface area (Å²) in [6.07, 6.45) is 1.90. The monoisotopic (exact) mass is 650 g/mol. The van der Waals surface area contributed by atoms with Crippen LogP contribution >= 0.6 is 22.6 Å². The van der Waals surface area contributed by atoms with Crippen molar-refractivity contribution in [1.29, 1.82) is 0 Å². The molecule has 5 rings (SSSR count). The Morgan fingerprint density at radius 1 is 1.23 bits per heavy atom. The van der Waals surface area contributed by atoms with Gasteiger partial charge in [-0.15, -0.1) is 5.10 Å². The van der Waals surface area contributed by atoms with Gasteiger partial charge in [-0.05, 0) is 77.6 Å². The van der Waals surface area contributed by atoms with E-state index in [-0.39, 0.29) is 17.5 Å². The van der Waals surface area contributed by atoms with Gasteiger partial charge in [-0.2, -0.15) is 13.9 Å². The van der Waals surface area contributed by atoms with Crippen LogP contribution in [-0.4, -0.2) is 37.5 Å². The Bertz CT molecular complexity index is 1470. The fourth-order valence-corrected chi connectivity index (χ4v) is 6.10. The molecule has 2 heterocycles. The number of alkyl halides is 3. The average molecular weight is 651 g/mol. The van der Waals surface area contributed by atoms with Crippen LogP contribution in [-0.2, 0) is 21.1 Å². The first-order chi connectivity index (χ1) is 18.2. The van der Waals surface area contributed by atoms with Crippen molar-refractivity contribution in [3.8, 4) is 0 Å². The Labute approximate surface area is 240 Å². The maximum Gasteiger partial charge on any atom is 0.300 e. The van der Waals surface area contributed by atoms with Gasteiger partial charge in [0.25, 0.3) is 5.91 Å². The number of nitrogens with zero attached hydrogens (tertiary/aromatic N) is 3. The van der Waals surface area contributed by atoms with Crippen molar-refractivity contribution >= 4 is 50.8 Å². The standard InChI is InChI=1S/C29H33F2IN4O3/c1-15-19(8-7-9-22(15)29(30,31)27(4,5)38)16(2)33-25-21-13-24-23(12-20(21)17(3)34-35-25)28(6,39-14-32)26(37)36(24)18-10-11-18/h7-9,12-13,16,18,38H,10-11,14H2,1-6H3,(H,33,35)/t16-,28?/m1/s1. The second-order valence-electron chi connectivity index (χ2n) is 11.3. The highest BCUT2D eigenvalue weighted by atomic mass is 127. The second-order valence-corrected chi connectivity index (χ2v) is 11.9. The SMILES string of the molecule is Cc1c([C@@H](C)Nc2nnc(C)c3cc4c(cc23)N(C2CC2)C(=O)C4(C)OCI)cccc1C(F)(F)C(C)(C)O. The number of amides is 1. The molecule has 3 aromatic rings. The summed E-state index contributed by atoms with van der Waals surface area (Å²) in [4.78, 5) is 15.4. The van der Waals surface area contributed by atoms with Crippen molar-refractivity contribution in [3.05, 3.63) is 58.3 Å². The third kappa shape index (κ3) is 4.48. The molecule has 1 aliphatic heterocycles. The minimum Gasteiger partial charge on any atom is -0.384 e. The first kappa shape index (κ1) is 28.1. The van der Waals surface area contributed by atoms with Crippen molar-refractivity contribution in [2.45, 2.75) is 83.6 Å². The predicted octanol–water partition coefficient (Wildman–Crippen LogP) is 6.42. The smallest absolute Gasteiger partial charge is 0.300 e. The van der Waals surface area contributed by atoms with Crippen LogP contribution in [0.5, 0.6) is 0 Å². The molecule has 1 fully saturated rings. The molecule has 208 valence electrons. The van der Waals surface area contributed by atoms with Gasteiger partial charge in [0.15, 0.2) is 11.4 Å². The van der Waals surface area contributed by atoms with Crippen LogP contribution in [0, 0.1) is 13.8 Å². The lowest BCUT2D eigenvalue weighted by molar-refractivity contribution is -0.168. The fourth-order valence-electron chi connectivity index (χ4n) is 5.48. The van der Waals surface area contributed by atoms with Gasteiger partial charge in [0.2, 0.25) is 0 Å². The summed E-state index contributed by atoms with van der Waals surface area (Å²) in [6, 6.07) is 8.43. The lowest BCUT2D eigenvalue weighted by atomic mass is 9.87. The molecule has 10 heteroatoms. The topological polar surface area (TPSA) is 87.6 Å². The molecule has 1 unspecified atom stereocenters. The number of halogens is 3. The molecule has 2 N–H and O–H groups in total. The Morgan fingerprint density at radius 3 is 2.54 bits per heavy atom. The number of hydrogen-bond donors (Lipinski definition) is 2. The Hall–Kier alpha value is -2.44. The number of carbonyl (C=O) groups excluding carboxylic acids is 1. The first-order valence-corrected chi connectivity index (χ1v) is 14.6. The molecular formula is C29H33F2IN4O3. The van der Waals surface area contributed by atoms with Crippen molar-refractivity contribution in [1.82, 2.24) is 10.2 Å². The quantitative estimate of drug-likeness (QED) is 0.216. The zero-order valence-electron chi connectivity index (χ0n) is 22.9. The molecule has 1 saturated carbocycles. The van der Waals surface area contributed by atoms with Crippen LogP contribution in [0.3, 0.4) is 0 Å². The summed E-state index contributed by atoms with van der Waals surface area (Å²) in [5.74, 6) is -3.00. The summed E-state index contributed by atoms with van der Waals surface area (Å²) in [5, 5.41) is 23.9. The van der Waals surface area contributed by atoms with Gasteiger partial charge in [-0.25, -0.2) is 0 Å². The molecule has 2 atom stereocenters. The molecule has 1 aromatic heterocycles. The minimum absolute atomic E-state index is 0.0615. The highest BCUT2D eigenvalue weighted by molar-refractivity contribution is 14.1. The molecule has 2 aliphatic rings. The number of ether oxygens (including phenoxy) is 1. The van der Waals surface area contributed by atoms with Gasteiger partial charge in [0, 0.05) is 27.9 Å². The molecule has 39 heavy (non-hydrogen) atoms. The van der Waals surface area contributed by atoms with Gasteiger partial charge >= 0.3 is 5.92 Å². The van der Waals surface area contributed by atoms with E-state index in [4.69, 9.17) is 4.74 Å². The zero-order valence-corrected chi connectivity index (χ0v) is 25.1. The summed E-state index contributed by atoms with van der Waals surface area (Å²) in [7, 11) is 0. The minimum atomic E-state index is -3.44. The first-order valence-electron chi connectivity index (χ1n) is 13.0. The van der Waals surface area contributed by atoms with Crippen LogP contribution < -0.4 is 10.2 Å². The van der Waals surface area contributed by atoms with Crippen molar-refractivity contribution in [3.63, 3.8) is 0 Å². The predicted molar refractivity (Wildman–Crippen MR) is 156 cm³/mol. The van der Waals surface area contributed by atoms with Crippen LogP contribution in [0.1, 0.15) is 74.5 Å². The molecule has 0 radical (unpaired) electrons. The van der Waals surface area contributed by atoms with E-state index in [1.165, 1.54) is 6.07 Å². The number of hydrogen-bond acceptors (Lipinski definition) is 6. The number of anilines is 2. The van der Waals surface area contributed by atoms with Gasteiger partial charge in [0.05, 0.1) is 22.0 Å². The number of aliphatic hydroxyl groups is 1. The molecule has 7 nitrogen and oxygen atoms in total. The zero-order chi connectivity index (χ0) is 28.5. The summed E-state index contributed by atoms with van der Waals surface area (Å²) in [6.45, 7) is 9.43. The number of benzene rings is 2. The molecule has 1 amide bonds. The highest BCUT2D eigenvalue weighted by Crippen LogP contribution is 2.50. The number of carbonyl (C=O) groups is 1. The Morgan fingerprint density at radius 2 is 1.92 bits per heavy atom. The van der Waals surface area contributed by atoms with Gasteiger partial charge in [0.1, 0.15) is 5.60 Å². The lowest BCUT2D eigenvalue weighted by Gasteiger charge is -2.31. The van der Waals surface area contributed by atoms with E-state index in [0.29, 0.717) is 27.3 Å². The van der Waals surface area contributed by atoms with Gasteiger partial charge in [-0.3, -0.25) is 4.79 Å². The molecule has 0 saturated heterocycles. The van der Waals surface area contributed by atoms with E-state index < -0.39 is 23.2 Å². The highest BCUT2D eigenvalue weighted by Gasteiger charge is 2.53. The summed E-state index contributed by atoms with van der Waals surface area (Å²) >= 11 is 2.11. The van der Waals surface area contributed by atoms with E-state index in [2.05, 4.69) is 38.1 Å². The number of rotatable bonds is 8. The molecule has 0 spiro atoms. The van der Waals surface area contributed by atoms with Crippen LogP contribution in [0.2, 0.25) is 0 Å². The maximum atomic E-state index is 15.1. The Kier molecular flexibility index (Phi) is 6.91. The fraction of sp³-hybridized carbons (Fsp3) is 0.483. The van der Waals surface area contributed by atoms with Gasteiger partial charge in [-0.1, -0.05) is 40.8 Å². The third-order valence-corrected chi connectivity index (χ3v) is 8.35. The number of aryl methyl sites for hydroxylation is 1. The third-order valence-electron chi connectivity index (χ3n) is 8.04. The van der Waals surface area contributed by atoms with Gasteiger partial charge < -0.3 is 20.1 Å². The molecular weight excluding hydrogens is 617 g/mol. The van der Waals surface area contributed by atoms with Crippen LogP contribution in [0.15, 0.2) is 30.3 Å². The average Bonchev–Trinajstić information content (AvgIpc) is 3.67. The van der Waals surface area contributed by atoms with Crippen molar-refractivity contribution in [2.75, 3.05) is 14.8 Å². The van der Waals surface area contributed by atoms with E-state index in [0.717, 1.165) is 48.7 Å². The van der Waals surface area contributed by atoms with E-state index in [1.54, 1.807) is 19.1 Å². The van der Waals surface area contributed by atoms with Crippen molar-refractivity contribution < 1.29 is 23.4 Å². The molecule has 1 aliphatic carbocycles. The number of fused-ring (bicyclic) bond motifs is 2. The summed E-state index contributed by atoms with van der Waals surface area (Å²) < 4.78 is 36.6. The van der Waals surface area contributed by atoms with Crippen molar-refractivity contribution in [2.24, 2.45) is 0 Å². The van der Waals surface area contributed by atoms with E-state index in [1.807, 2.05) is 37.8 Å². The lowest BCUT2D eigenvalue weighted by Crippen LogP contribution is -2.41. The second kappa shape index (κ2) is 9.59. The normalized spacial score (nSPS) is 20.5.